The Labute approximate surface area is 141 Å². The molecule has 24 heavy (non-hydrogen) atoms. The van der Waals surface area contributed by atoms with Crippen molar-refractivity contribution >= 4 is 17.5 Å². The van der Waals surface area contributed by atoms with Gasteiger partial charge in [0.15, 0.2) is 6.61 Å². The van der Waals surface area contributed by atoms with Gasteiger partial charge in [-0.1, -0.05) is 12.0 Å². The lowest BCUT2D eigenvalue weighted by Gasteiger charge is -2.21. The van der Waals surface area contributed by atoms with E-state index in [0.29, 0.717) is 0 Å². The van der Waals surface area contributed by atoms with Gasteiger partial charge in [0, 0.05) is 31.2 Å². The first-order chi connectivity index (χ1) is 11.7. The average molecular weight is 324 g/mol. The first-order valence-corrected chi connectivity index (χ1v) is 7.84. The average Bonchev–Trinajstić information content (AvgIpc) is 3.24. The third-order valence-electron chi connectivity index (χ3n) is 4.08. The number of ether oxygens (including phenoxy) is 1. The number of hydrogen-bond donors (Lipinski definition) is 1. The van der Waals surface area contributed by atoms with E-state index in [-0.39, 0.29) is 6.61 Å². The minimum atomic E-state index is -0.407. The predicted octanol–water partition coefficient (Wildman–Crippen LogP) is 2.57. The van der Waals surface area contributed by atoms with Gasteiger partial charge in [-0.3, -0.25) is 4.90 Å². The first kappa shape index (κ1) is 15.9. The second-order valence-electron chi connectivity index (χ2n) is 5.60. The zero-order chi connectivity index (χ0) is 16.9. The molecule has 6 nitrogen and oxygen atoms in total. The van der Waals surface area contributed by atoms with E-state index in [1.807, 2.05) is 18.3 Å². The maximum Gasteiger partial charge on any atom is 0.414 e. The lowest BCUT2D eigenvalue weighted by molar-refractivity contribution is 0.169. The van der Waals surface area contributed by atoms with Crippen molar-refractivity contribution in [2.24, 2.45) is 0 Å². The van der Waals surface area contributed by atoms with Crippen LogP contribution in [0.3, 0.4) is 0 Å². The summed E-state index contributed by atoms with van der Waals surface area (Å²) in [6, 6.07) is 6.06. The van der Waals surface area contributed by atoms with Crippen LogP contribution in [0.5, 0.6) is 0 Å². The van der Waals surface area contributed by atoms with Crippen molar-refractivity contribution < 1.29 is 9.53 Å². The molecule has 0 atom stereocenters. The third-order valence-corrected chi connectivity index (χ3v) is 4.08. The van der Waals surface area contributed by atoms with Gasteiger partial charge in [-0.15, -0.1) is 5.92 Å². The number of fused-ring (bicyclic) bond motifs is 1. The number of carbonyl (C=O) groups excluding carboxylic acids is 1. The summed E-state index contributed by atoms with van der Waals surface area (Å²) < 4.78 is 5.12. The molecule has 0 bridgehead atoms. The summed E-state index contributed by atoms with van der Waals surface area (Å²) >= 11 is 0. The second-order valence-corrected chi connectivity index (χ2v) is 5.60. The highest BCUT2D eigenvalue weighted by atomic mass is 16.6. The van der Waals surface area contributed by atoms with Gasteiger partial charge in [0.1, 0.15) is 0 Å². The van der Waals surface area contributed by atoms with Crippen LogP contribution in [-0.2, 0) is 17.7 Å². The molecule has 0 spiro atoms. The van der Waals surface area contributed by atoms with Gasteiger partial charge < -0.3 is 14.6 Å². The lowest BCUT2D eigenvalue weighted by Crippen LogP contribution is -2.27. The van der Waals surface area contributed by atoms with E-state index in [2.05, 4.69) is 32.8 Å². The molecule has 1 aromatic heterocycles. The van der Waals surface area contributed by atoms with Crippen molar-refractivity contribution in [3.8, 4) is 11.8 Å². The Morgan fingerprint density at radius 1 is 1.50 bits per heavy atom. The van der Waals surface area contributed by atoms with E-state index < -0.39 is 6.09 Å². The van der Waals surface area contributed by atoms with Crippen LogP contribution in [0.1, 0.15) is 18.2 Å². The third kappa shape index (κ3) is 3.35. The van der Waals surface area contributed by atoms with Crippen molar-refractivity contribution in [2.75, 3.05) is 30.0 Å². The maximum absolute atomic E-state index is 12.1. The Morgan fingerprint density at radius 2 is 2.38 bits per heavy atom. The lowest BCUT2D eigenvalue weighted by atomic mass is 10.1. The molecule has 0 aliphatic carbocycles. The molecule has 1 N–H and O–H groups in total. The van der Waals surface area contributed by atoms with E-state index in [0.717, 1.165) is 36.6 Å². The Hall–Kier alpha value is -2.94. The number of aromatic nitrogens is 2. The quantitative estimate of drug-likeness (QED) is 0.878. The van der Waals surface area contributed by atoms with E-state index in [4.69, 9.17) is 4.74 Å². The van der Waals surface area contributed by atoms with Crippen LogP contribution in [0.2, 0.25) is 0 Å². The molecule has 0 saturated carbocycles. The van der Waals surface area contributed by atoms with Gasteiger partial charge in [0.2, 0.25) is 0 Å². The van der Waals surface area contributed by atoms with Crippen LogP contribution in [-0.4, -0.2) is 36.3 Å². The number of aromatic amines is 1. The molecule has 2 aromatic rings. The minimum Gasteiger partial charge on any atom is -0.436 e. The highest BCUT2D eigenvalue weighted by Gasteiger charge is 2.22. The molecule has 1 amide bonds. The number of carbonyl (C=O) groups is 1. The van der Waals surface area contributed by atoms with Crippen LogP contribution in [0, 0.1) is 11.8 Å². The molecule has 3 rings (SSSR count). The number of rotatable bonds is 4. The summed E-state index contributed by atoms with van der Waals surface area (Å²) in [4.78, 5) is 23.0. The van der Waals surface area contributed by atoms with E-state index >= 15 is 0 Å². The molecule has 2 heterocycles. The summed E-state index contributed by atoms with van der Waals surface area (Å²) in [5.41, 5.74) is 4.31. The molecule has 124 valence electrons. The highest BCUT2D eigenvalue weighted by molar-refractivity contribution is 5.88. The number of H-pyrrole nitrogens is 1. The normalized spacial score (nSPS) is 12.3. The number of hydrogen-bond acceptors (Lipinski definition) is 4. The number of imidazole rings is 1. The topological polar surface area (TPSA) is 61.5 Å². The fourth-order valence-electron chi connectivity index (χ4n) is 2.76. The van der Waals surface area contributed by atoms with E-state index in [1.165, 1.54) is 10.5 Å². The first-order valence-electron chi connectivity index (χ1n) is 7.84. The van der Waals surface area contributed by atoms with Gasteiger partial charge in [-0.05, 0) is 31.0 Å². The van der Waals surface area contributed by atoms with E-state index in [9.17, 15) is 4.79 Å². The van der Waals surface area contributed by atoms with Crippen LogP contribution >= 0.6 is 0 Å². The van der Waals surface area contributed by atoms with Crippen molar-refractivity contribution in [1.29, 1.82) is 0 Å². The monoisotopic (exact) mass is 324 g/mol. The van der Waals surface area contributed by atoms with Gasteiger partial charge in [0.05, 0.1) is 18.6 Å². The molecular weight excluding hydrogens is 304 g/mol. The zero-order valence-electron chi connectivity index (χ0n) is 13.9. The summed E-state index contributed by atoms with van der Waals surface area (Å²) in [5.74, 6) is 5.42. The molecule has 0 fully saturated rings. The van der Waals surface area contributed by atoms with Crippen LogP contribution in [0.4, 0.5) is 16.2 Å². The van der Waals surface area contributed by atoms with Crippen LogP contribution in [0.15, 0.2) is 30.7 Å². The van der Waals surface area contributed by atoms with Crippen molar-refractivity contribution in [3.05, 3.63) is 42.0 Å². The molecule has 1 aliphatic rings. The largest absolute Gasteiger partial charge is 0.436 e. The molecule has 6 heteroatoms. The number of benzene rings is 1. The van der Waals surface area contributed by atoms with Gasteiger partial charge in [-0.2, -0.15) is 0 Å². The Morgan fingerprint density at radius 3 is 3.12 bits per heavy atom. The van der Waals surface area contributed by atoms with Crippen LogP contribution in [0.25, 0.3) is 0 Å². The molecule has 1 aromatic carbocycles. The Balaban J connectivity index is 1.74. The van der Waals surface area contributed by atoms with Gasteiger partial charge in [0.25, 0.3) is 0 Å². The second kappa shape index (κ2) is 7.09. The Kier molecular flexibility index (Phi) is 4.71. The van der Waals surface area contributed by atoms with Gasteiger partial charge in [-0.25, -0.2) is 9.78 Å². The fourth-order valence-corrected chi connectivity index (χ4v) is 2.76. The van der Waals surface area contributed by atoms with Crippen molar-refractivity contribution in [3.63, 3.8) is 0 Å². The molecule has 0 unspecified atom stereocenters. The summed E-state index contributed by atoms with van der Waals surface area (Å²) in [7, 11) is 1.71. The molecular formula is C18H20N4O2. The number of nitrogens with zero attached hydrogens (tertiary/aromatic N) is 3. The zero-order valence-corrected chi connectivity index (χ0v) is 13.9. The molecule has 1 aliphatic heterocycles. The number of amides is 1. The summed E-state index contributed by atoms with van der Waals surface area (Å²) in [6.07, 6.45) is 4.12. The standard InChI is InChI=1S/C18H20N4O2/c1-3-4-9-24-18(23)21(2)16-6-5-14-7-8-22(17(14)10-16)12-15-11-19-13-20-15/h5-6,10-11,13H,7-9,12H2,1-2H3,(H,19,20). The summed E-state index contributed by atoms with van der Waals surface area (Å²) in [6.45, 7) is 3.55. The highest BCUT2D eigenvalue weighted by Crippen LogP contribution is 2.32. The smallest absolute Gasteiger partial charge is 0.414 e. The predicted molar refractivity (Wildman–Crippen MR) is 93.0 cm³/mol. The van der Waals surface area contributed by atoms with Crippen molar-refractivity contribution in [1.82, 2.24) is 9.97 Å². The van der Waals surface area contributed by atoms with Gasteiger partial charge >= 0.3 is 6.09 Å². The van der Waals surface area contributed by atoms with E-state index in [1.54, 1.807) is 20.3 Å². The van der Waals surface area contributed by atoms with Crippen molar-refractivity contribution in [2.45, 2.75) is 19.9 Å². The maximum atomic E-state index is 12.1. The number of anilines is 2. The Bertz CT molecular complexity index is 774. The molecule has 0 saturated heterocycles. The van der Waals surface area contributed by atoms with Crippen LogP contribution < -0.4 is 9.80 Å². The minimum absolute atomic E-state index is 0.108. The summed E-state index contributed by atoms with van der Waals surface area (Å²) in [5, 5.41) is 0. The fraction of sp³-hybridized carbons (Fsp3) is 0.333. The SMILES string of the molecule is CC#CCOC(=O)N(C)c1ccc2c(c1)N(Cc1cnc[nH]1)CC2. The molecule has 0 radical (unpaired) electrons. The number of nitrogens with one attached hydrogen (secondary N) is 1.